The van der Waals surface area contributed by atoms with Gasteiger partial charge >= 0.3 is 0 Å². The fourth-order valence-electron chi connectivity index (χ4n) is 3.29. The van der Waals surface area contributed by atoms with Crippen molar-refractivity contribution in [2.45, 2.75) is 71.4 Å². The second-order valence-corrected chi connectivity index (χ2v) is 6.56. The van der Waals surface area contributed by atoms with Crippen molar-refractivity contribution >= 4 is 0 Å². The van der Waals surface area contributed by atoms with Crippen molar-refractivity contribution in [2.75, 3.05) is 26.2 Å². The molecule has 3 nitrogen and oxygen atoms in total. The molecule has 0 spiro atoms. The second-order valence-electron chi connectivity index (χ2n) is 6.56. The predicted octanol–water partition coefficient (Wildman–Crippen LogP) is 2.64. The summed E-state index contributed by atoms with van der Waals surface area (Å²) in [6.45, 7) is 12.8. The molecule has 2 unspecified atom stereocenters. The van der Waals surface area contributed by atoms with Gasteiger partial charge in [-0.25, -0.2) is 0 Å². The Hall–Kier alpha value is -0.120. The van der Waals surface area contributed by atoms with Gasteiger partial charge < -0.3 is 15.3 Å². The third-order valence-corrected chi connectivity index (χ3v) is 4.65. The highest BCUT2D eigenvalue weighted by Gasteiger charge is 2.28. The van der Waals surface area contributed by atoms with Crippen LogP contribution in [0.3, 0.4) is 0 Å². The summed E-state index contributed by atoms with van der Waals surface area (Å²) in [6, 6.07) is 0.434. The minimum Gasteiger partial charge on any atom is -0.394 e. The highest BCUT2D eigenvalue weighted by molar-refractivity contribution is 4.88. The van der Waals surface area contributed by atoms with E-state index in [4.69, 9.17) is 0 Å². The number of hydrogen-bond donors (Lipinski definition) is 2. The molecule has 1 fully saturated rings. The van der Waals surface area contributed by atoms with Crippen LogP contribution in [-0.2, 0) is 0 Å². The molecule has 0 amide bonds. The monoisotopic (exact) mass is 270 g/mol. The van der Waals surface area contributed by atoms with Gasteiger partial charge in [0.2, 0.25) is 0 Å². The third-order valence-electron chi connectivity index (χ3n) is 4.65. The molecular weight excluding hydrogens is 236 g/mol. The maximum atomic E-state index is 9.72. The van der Waals surface area contributed by atoms with Crippen LogP contribution in [0.15, 0.2) is 0 Å². The smallest absolute Gasteiger partial charge is 0.0613 e. The molecule has 0 radical (unpaired) electrons. The lowest BCUT2D eigenvalue weighted by atomic mass is 9.90. The van der Waals surface area contributed by atoms with Crippen molar-refractivity contribution in [2.24, 2.45) is 5.92 Å². The van der Waals surface area contributed by atoms with Crippen LogP contribution in [0.2, 0.25) is 0 Å². The zero-order valence-electron chi connectivity index (χ0n) is 13.4. The van der Waals surface area contributed by atoms with Gasteiger partial charge in [-0.1, -0.05) is 34.1 Å². The Labute approximate surface area is 119 Å². The Morgan fingerprint density at radius 3 is 2.58 bits per heavy atom. The minimum atomic E-state index is -0.0714. The zero-order valence-corrected chi connectivity index (χ0v) is 13.4. The Morgan fingerprint density at radius 2 is 2.11 bits per heavy atom. The molecule has 2 atom stereocenters. The maximum Gasteiger partial charge on any atom is 0.0613 e. The van der Waals surface area contributed by atoms with Crippen molar-refractivity contribution in [3.05, 3.63) is 0 Å². The van der Waals surface area contributed by atoms with Crippen molar-refractivity contribution in [3.63, 3.8) is 0 Å². The van der Waals surface area contributed by atoms with Crippen molar-refractivity contribution < 1.29 is 5.11 Å². The van der Waals surface area contributed by atoms with Gasteiger partial charge in [-0.05, 0) is 44.7 Å². The van der Waals surface area contributed by atoms with Gasteiger partial charge in [0.15, 0.2) is 0 Å². The maximum absolute atomic E-state index is 9.72. The molecule has 114 valence electrons. The van der Waals surface area contributed by atoms with E-state index < -0.39 is 0 Å². The first-order chi connectivity index (χ1) is 9.05. The summed E-state index contributed by atoms with van der Waals surface area (Å²) in [5, 5.41) is 13.3. The number of nitrogens with zero attached hydrogens (tertiary/aromatic N) is 1. The number of aliphatic hydroxyl groups is 1. The SMILES string of the molecule is CCC1CCN(CCCC(CC)(CO)NC(C)C)C1. The molecule has 0 aliphatic carbocycles. The van der Waals surface area contributed by atoms with E-state index in [0.717, 1.165) is 18.8 Å². The molecule has 1 heterocycles. The van der Waals surface area contributed by atoms with Gasteiger partial charge in [-0.15, -0.1) is 0 Å². The molecule has 1 rings (SSSR count). The first kappa shape index (κ1) is 16.9. The van der Waals surface area contributed by atoms with Gasteiger partial charge in [0.25, 0.3) is 0 Å². The topological polar surface area (TPSA) is 35.5 Å². The Balaban J connectivity index is 2.32. The molecule has 3 heteroatoms. The van der Waals surface area contributed by atoms with Gasteiger partial charge in [-0.3, -0.25) is 0 Å². The van der Waals surface area contributed by atoms with Crippen molar-refractivity contribution in [1.82, 2.24) is 10.2 Å². The molecule has 0 saturated carbocycles. The largest absolute Gasteiger partial charge is 0.394 e. The van der Waals surface area contributed by atoms with E-state index in [1.165, 1.54) is 38.9 Å². The average Bonchev–Trinajstić information content (AvgIpc) is 2.85. The summed E-state index contributed by atoms with van der Waals surface area (Å²) >= 11 is 0. The van der Waals surface area contributed by atoms with Crippen molar-refractivity contribution in [3.8, 4) is 0 Å². The van der Waals surface area contributed by atoms with Gasteiger partial charge in [0, 0.05) is 18.1 Å². The highest BCUT2D eigenvalue weighted by atomic mass is 16.3. The van der Waals surface area contributed by atoms with Crippen LogP contribution in [0.5, 0.6) is 0 Å². The number of rotatable bonds is 9. The summed E-state index contributed by atoms with van der Waals surface area (Å²) in [4.78, 5) is 2.60. The predicted molar refractivity (Wildman–Crippen MR) is 82.5 cm³/mol. The van der Waals surface area contributed by atoms with E-state index in [2.05, 4.69) is 37.9 Å². The molecule has 19 heavy (non-hydrogen) atoms. The summed E-state index contributed by atoms with van der Waals surface area (Å²) in [5.74, 6) is 0.919. The van der Waals surface area contributed by atoms with Gasteiger partial charge in [0.05, 0.1) is 6.61 Å². The molecular formula is C16H34N2O. The fourth-order valence-corrected chi connectivity index (χ4v) is 3.29. The summed E-state index contributed by atoms with van der Waals surface area (Å²) in [6.07, 6.45) is 5.95. The minimum absolute atomic E-state index is 0.0714. The molecule has 1 aliphatic heterocycles. The van der Waals surface area contributed by atoms with Crippen LogP contribution >= 0.6 is 0 Å². The van der Waals surface area contributed by atoms with E-state index in [9.17, 15) is 5.11 Å². The Bertz CT molecular complexity index is 239. The first-order valence-electron chi connectivity index (χ1n) is 8.16. The Morgan fingerprint density at radius 1 is 1.37 bits per heavy atom. The fraction of sp³-hybridized carbons (Fsp3) is 1.00. The molecule has 1 aliphatic rings. The highest BCUT2D eigenvalue weighted by Crippen LogP contribution is 2.22. The van der Waals surface area contributed by atoms with Crippen LogP contribution < -0.4 is 5.32 Å². The van der Waals surface area contributed by atoms with Crippen LogP contribution in [0.25, 0.3) is 0 Å². The lowest BCUT2D eigenvalue weighted by Crippen LogP contribution is -2.51. The molecule has 2 N–H and O–H groups in total. The standard InChI is InChI=1S/C16H34N2O/c1-5-15-8-11-18(12-15)10-7-9-16(6-2,13-19)17-14(3)4/h14-15,17,19H,5-13H2,1-4H3. The van der Waals surface area contributed by atoms with Crippen LogP contribution in [0.1, 0.15) is 59.8 Å². The van der Waals surface area contributed by atoms with Gasteiger partial charge in [0.1, 0.15) is 0 Å². The second kappa shape index (κ2) is 8.23. The van der Waals surface area contributed by atoms with E-state index in [0.29, 0.717) is 6.04 Å². The summed E-state index contributed by atoms with van der Waals surface area (Å²) in [7, 11) is 0. The van der Waals surface area contributed by atoms with E-state index in [1.54, 1.807) is 0 Å². The summed E-state index contributed by atoms with van der Waals surface area (Å²) in [5.41, 5.74) is -0.0714. The van der Waals surface area contributed by atoms with Crippen LogP contribution in [0.4, 0.5) is 0 Å². The quantitative estimate of drug-likeness (QED) is 0.676. The third kappa shape index (κ3) is 5.41. The van der Waals surface area contributed by atoms with Crippen LogP contribution in [-0.4, -0.2) is 47.8 Å². The van der Waals surface area contributed by atoms with Crippen LogP contribution in [0, 0.1) is 5.92 Å². The lowest BCUT2D eigenvalue weighted by Gasteiger charge is -2.35. The zero-order chi connectivity index (χ0) is 14.3. The normalized spacial score (nSPS) is 24.0. The van der Waals surface area contributed by atoms with E-state index in [-0.39, 0.29) is 12.1 Å². The first-order valence-corrected chi connectivity index (χ1v) is 8.16. The molecule has 0 bridgehead atoms. The summed E-state index contributed by atoms with van der Waals surface area (Å²) < 4.78 is 0. The van der Waals surface area contributed by atoms with Crippen molar-refractivity contribution in [1.29, 1.82) is 0 Å². The number of aliphatic hydroxyl groups excluding tert-OH is 1. The molecule has 0 aromatic rings. The lowest BCUT2D eigenvalue weighted by molar-refractivity contribution is 0.131. The Kier molecular flexibility index (Phi) is 7.33. The average molecular weight is 270 g/mol. The molecule has 0 aromatic carbocycles. The number of hydrogen-bond acceptors (Lipinski definition) is 3. The molecule has 0 aromatic heterocycles. The number of nitrogens with one attached hydrogen (secondary N) is 1. The van der Waals surface area contributed by atoms with Gasteiger partial charge in [-0.2, -0.15) is 0 Å². The van der Waals surface area contributed by atoms with E-state index in [1.807, 2.05) is 0 Å². The number of likely N-dealkylation sites (tertiary alicyclic amines) is 1. The van der Waals surface area contributed by atoms with E-state index >= 15 is 0 Å². The molecule has 1 saturated heterocycles.